The lowest BCUT2D eigenvalue weighted by Gasteiger charge is -2.34. The number of aliphatic hydroxyl groups excluding tert-OH is 1. The first-order valence-corrected chi connectivity index (χ1v) is 12.7. The second-order valence-electron chi connectivity index (χ2n) is 7.52. The molecule has 1 aliphatic rings. The third-order valence-electron chi connectivity index (χ3n) is 5.40. The van der Waals surface area contributed by atoms with Gasteiger partial charge in [0.25, 0.3) is 0 Å². The minimum Gasteiger partial charge on any atom is -0.455 e. The number of sulfonamides is 1. The quantitative estimate of drug-likeness (QED) is 0.494. The molecule has 0 radical (unpaired) electrons. The van der Waals surface area contributed by atoms with Crippen molar-refractivity contribution in [2.75, 3.05) is 13.2 Å². The number of thiophene rings is 1. The van der Waals surface area contributed by atoms with Crippen molar-refractivity contribution < 1.29 is 27.6 Å². The molecule has 8 nitrogen and oxygen atoms in total. The predicted molar refractivity (Wildman–Crippen MR) is 119 cm³/mol. The topological polar surface area (TPSA) is 110 Å². The monoisotopic (exact) mass is 476 g/mol. The van der Waals surface area contributed by atoms with E-state index in [1.54, 1.807) is 11.4 Å². The number of rotatable bonds is 8. The number of aliphatic hydroxyl groups is 1. The van der Waals surface area contributed by atoms with Gasteiger partial charge in [0, 0.05) is 30.8 Å². The minimum atomic E-state index is -3.88. The van der Waals surface area contributed by atoms with E-state index in [-0.39, 0.29) is 29.0 Å². The molecule has 0 saturated carbocycles. The number of hydrogen-bond donors (Lipinski definition) is 1. The zero-order chi connectivity index (χ0) is 22.6. The molecule has 1 aliphatic heterocycles. The Labute approximate surface area is 190 Å². The highest BCUT2D eigenvalue weighted by atomic mass is 32.2. The molecule has 1 unspecified atom stereocenters. The number of aromatic nitrogens is 1. The number of carbonyl (C=O) groups excluding carboxylic acids is 1. The summed E-state index contributed by atoms with van der Waals surface area (Å²) in [6.45, 7) is 0.153. The Balaban J connectivity index is 1.47. The van der Waals surface area contributed by atoms with E-state index >= 15 is 0 Å². The lowest BCUT2D eigenvalue weighted by Crippen LogP contribution is -2.44. The van der Waals surface area contributed by atoms with E-state index < -0.39 is 16.0 Å². The first kappa shape index (κ1) is 22.7. The van der Waals surface area contributed by atoms with Crippen LogP contribution in [-0.4, -0.2) is 48.1 Å². The van der Waals surface area contributed by atoms with Gasteiger partial charge in [-0.2, -0.15) is 4.31 Å². The normalized spacial score (nSPS) is 17.3. The number of hydrogen-bond acceptors (Lipinski definition) is 8. The summed E-state index contributed by atoms with van der Waals surface area (Å²) in [5.74, 6) is -0.172. The second kappa shape index (κ2) is 9.95. The highest BCUT2D eigenvalue weighted by Crippen LogP contribution is 2.31. The van der Waals surface area contributed by atoms with Crippen LogP contribution in [0, 0.1) is 0 Å². The molecule has 32 heavy (non-hydrogen) atoms. The Hall–Kier alpha value is -2.53. The molecule has 170 valence electrons. The zero-order valence-electron chi connectivity index (χ0n) is 17.3. The third-order valence-corrected chi connectivity index (χ3v) is 8.42. The van der Waals surface area contributed by atoms with Crippen molar-refractivity contribution in [3.05, 3.63) is 58.4 Å². The largest absolute Gasteiger partial charge is 0.455 e. The van der Waals surface area contributed by atoms with Gasteiger partial charge in [0.2, 0.25) is 10.0 Å². The van der Waals surface area contributed by atoms with E-state index in [9.17, 15) is 18.3 Å². The molecular formula is C22H24N2O6S2. The van der Waals surface area contributed by atoms with E-state index in [2.05, 4.69) is 5.16 Å². The van der Waals surface area contributed by atoms with E-state index in [1.807, 2.05) is 30.3 Å². The van der Waals surface area contributed by atoms with Gasteiger partial charge in [-0.15, -0.1) is 11.3 Å². The van der Waals surface area contributed by atoms with E-state index in [4.69, 9.17) is 9.26 Å². The number of ether oxygens (including phenoxy) is 1. The summed E-state index contributed by atoms with van der Waals surface area (Å²) in [4.78, 5) is 12.7. The van der Waals surface area contributed by atoms with Gasteiger partial charge in [-0.05, 0) is 30.7 Å². The molecule has 0 spiro atoms. The molecule has 0 bridgehead atoms. The van der Waals surface area contributed by atoms with Crippen molar-refractivity contribution in [2.45, 2.75) is 43.2 Å². The van der Waals surface area contributed by atoms with Crippen LogP contribution < -0.4 is 0 Å². The van der Waals surface area contributed by atoms with Gasteiger partial charge >= 0.3 is 5.97 Å². The molecule has 3 heterocycles. The van der Waals surface area contributed by atoms with Gasteiger partial charge < -0.3 is 14.4 Å². The molecule has 1 fully saturated rings. The van der Waals surface area contributed by atoms with Gasteiger partial charge in [-0.25, -0.2) is 13.2 Å². The number of benzene rings is 1. The molecule has 1 saturated heterocycles. The highest BCUT2D eigenvalue weighted by Gasteiger charge is 2.36. The third kappa shape index (κ3) is 4.78. The molecule has 1 atom stereocenters. The first-order chi connectivity index (χ1) is 15.5. The zero-order valence-corrected chi connectivity index (χ0v) is 19.0. The summed E-state index contributed by atoms with van der Waals surface area (Å²) in [5.41, 5.74) is 1.28. The van der Waals surface area contributed by atoms with Crippen LogP contribution in [0.3, 0.4) is 0 Å². The summed E-state index contributed by atoms with van der Waals surface area (Å²) in [6, 6.07) is 12.3. The maximum atomic E-state index is 13.3. The molecular weight excluding hydrogens is 452 g/mol. The molecule has 1 aromatic carbocycles. The van der Waals surface area contributed by atoms with E-state index in [0.29, 0.717) is 30.8 Å². The van der Waals surface area contributed by atoms with Gasteiger partial charge in [0.15, 0.2) is 5.76 Å². The number of esters is 1. The van der Waals surface area contributed by atoms with Crippen LogP contribution in [-0.2, 0) is 21.4 Å². The summed E-state index contributed by atoms with van der Waals surface area (Å²) in [7, 11) is -3.88. The van der Waals surface area contributed by atoms with Crippen LogP contribution in [0.1, 0.15) is 41.0 Å². The summed E-state index contributed by atoms with van der Waals surface area (Å²) in [6.07, 6.45) is 2.73. The van der Waals surface area contributed by atoms with Crippen LogP contribution in [0.5, 0.6) is 0 Å². The fraction of sp³-hybridized carbons (Fsp3) is 0.364. The first-order valence-electron chi connectivity index (χ1n) is 10.4. The second-order valence-corrected chi connectivity index (χ2v) is 10.3. The van der Waals surface area contributed by atoms with Crippen molar-refractivity contribution in [1.82, 2.24) is 9.46 Å². The number of piperidine rings is 1. The summed E-state index contributed by atoms with van der Waals surface area (Å²) in [5, 5.41) is 14.8. The van der Waals surface area contributed by atoms with Crippen LogP contribution in [0.15, 0.2) is 57.3 Å². The highest BCUT2D eigenvalue weighted by molar-refractivity contribution is 7.89. The van der Waals surface area contributed by atoms with Gasteiger partial charge in [0.05, 0.1) is 0 Å². The molecule has 2 aromatic heterocycles. The molecule has 0 aliphatic carbocycles. The van der Waals surface area contributed by atoms with Crippen LogP contribution in [0.25, 0.3) is 11.3 Å². The van der Waals surface area contributed by atoms with Gasteiger partial charge in [-0.1, -0.05) is 41.9 Å². The maximum Gasteiger partial charge on any atom is 0.350 e. The smallest absolute Gasteiger partial charge is 0.350 e. The predicted octanol–water partition coefficient (Wildman–Crippen LogP) is 3.69. The van der Waals surface area contributed by atoms with Crippen molar-refractivity contribution >= 4 is 27.3 Å². The summed E-state index contributed by atoms with van der Waals surface area (Å²) >= 11 is 1.03. The SMILES string of the molecule is O=C(OCc1cc(-c2ccccc2)on1)c1sccc1S(=O)(=O)N1CCCCC1CCO. The maximum absolute atomic E-state index is 13.3. The van der Waals surface area contributed by atoms with Gasteiger partial charge in [0.1, 0.15) is 22.1 Å². The molecule has 10 heteroatoms. The Morgan fingerprint density at radius 1 is 1.25 bits per heavy atom. The minimum absolute atomic E-state index is 0.0325. The number of carbonyl (C=O) groups is 1. The van der Waals surface area contributed by atoms with Crippen LogP contribution in [0.4, 0.5) is 0 Å². The fourth-order valence-electron chi connectivity index (χ4n) is 3.83. The Morgan fingerprint density at radius 3 is 2.84 bits per heavy atom. The Bertz CT molecular complexity index is 1150. The molecule has 3 aromatic rings. The van der Waals surface area contributed by atoms with E-state index in [1.165, 1.54) is 10.4 Å². The number of nitrogens with zero attached hydrogens (tertiary/aromatic N) is 2. The molecule has 1 N–H and O–H groups in total. The fourth-order valence-corrected chi connectivity index (χ4v) is 6.84. The van der Waals surface area contributed by atoms with Crippen LogP contribution >= 0.6 is 11.3 Å². The van der Waals surface area contributed by atoms with Gasteiger partial charge in [-0.3, -0.25) is 0 Å². The average Bonchev–Trinajstić information content (AvgIpc) is 3.49. The van der Waals surface area contributed by atoms with E-state index in [0.717, 1.165) is 29.7 Å². The van der Waals surface area contributed by atoms with Crippen molar-refractivity contribution in [3.63, 3.8) is 0 Å². The average molecular weight is 477 g/mol. The Kier molecular flexibility index (Phi) is 7.04. The Morgan fingerprint density at radius 2 is 2.06 bits per heavy atom. The standard InChI is InChI=1S/C22H24N2O6S2/c25-12-9-18-8-4-5-11-24(18)32(27,28)20-10-13-31-21(20)22(26)29-15-17-14-19(30-23-17)16-6-2-1-3-7-16/h1-3,6-7,10,13-14,18,25H,4-5,8-9,11-12,15H2. The lowest BCUT2D eigenvalue weighted by molar-refractivity contribution is 0.0465. The molecule has 4 rings (SSSR count). The molecule has 0 amide bonds. The van der Waals surface area contributed by atoms with Crippen molar-refractivity contribution in [3.8, 4) is 11.3 Å². The lowest BCUT2D eigenvalue weighted by atomic mass is 10.0. The van der Waals surface area contributed by atoms with Crippen molar-refractivity contribution in [2.24, 2.45) is 0 Å². The van der Waals surface area contributed by atoms with Crippen LogP contribution in [0.2, 0.25) is 0 Å². The van der Waals surface area contributed by atoms with Crippen molar-refractivity contribution in [1.29, 1.82) is 0 Å². The summed E-state index contributed by atoms with van der Waals surface area (Å²) < 4.78 is 38.7.